The Kier molecular flexibility index (Phi) is 4.62. The molecule has 0 unspecified atom stereocenters. The van der Waals surface area contributed by atoms with Gasteiger partial charge < -0.3 is 10.0 Å². The van der Waals surface area contributed by atoms with Crippen LogP contribution in [0.15, 0.2) is 41.0 Å². The highest BCUT2D eigenvalue weighted by Gasteiger charge is 2.17. The number of hydrogen-bond donors (Lipinski definition) is 1. The molecule has 4 nitrogen and oxygen atoms in total. The standard InChI is InChI=1S/C14H12BrClN2O2/c1-18(8-9-4-2-3-5-12(9)19)14(20)11-6-10(15)7-17-13(11)16/h2-7,19H,8H2,1H3. The Morgan fingerprint density at radius 2 is 2.15 bits per heavy atom. The van der Waals surface area contributed by atoms with Crippen molar-refractivity contribution in [3.05, 3.63) is 57.3 Å². The zero-order valence-corrected chi connectivity index (χ0v) is 13.0. The lowest BCUT2D eigenvalue weighted by atomic mass is 10.1. The Morgan fingerprint density at radius 1 is 1.45 bits per heavy atom. The first-order valence-electron chi connectivity index (χ1n) is 5.82. The van der Waals surface area contributed by atoms with Gasteiger partial charge in [-0.25, -0.2) is 4.98 Å². The van der Waals surface area contributed by atoms with Gasteiger partial charge in [0, 0.05) is 29.8 Å². The second-order valence-corrected chi connectivity index (χ2v) is 5.56. The number of halogens is 2. The van der Waals surface area contributed by atoms with Crippen LogP contribution in [-0.4, -0.2) is 27.9 Å². The third kappa shape index (κ3) is 3.29. The summed E-state index contributed by atoms with van der Waals surface area (Å²) in [6.45, 7) is 0.286. The van der Waals surface area contributed by atoms with Crippen LogP contribution < -0.4 is 0 Å². The van der Waals surface area contributed by atoms with Crippen LogP contribution in [0.25, 0.3) is 0 Å². The number of phenols is 1. The molecule has 6 heteroatoms. The Bertz CT molecular complexity index is 649. The fraction of sp³-hybridized carbons (Fsp3) is 0.143. The number of carbonyl (C=O) groups excluding carboxylic acids is 1. The van der Waals surface area contributed by atoms with Crippen LogP contribution >= 0.6 is 27.5 Å². The molecule has 1 heterocycles. The molecule has 0 spiro atoms. The lowest BCUT2D eigenvalue weighted by Gasteiger charge is -2.18. The quantitative estimate of drug-likeness (QED) is 0.858. The molecule has 1 aromatic carbocycles. The van der Waals surface area contributed by atoms with Gasteiger partial charge in [-0.15, -0.1) is 0 Å². The van der Waals surface area contributed by atoms with Crippen molar-refractivity contribution in [3.63, 3.8) is 0 Å². The Labute approximate surface area is 130 Å². The van der Waals surface area contributed by atoms with Crippen LogP contribution in [0.4, 0.5) is 0 Å². The molecule has 0 bridgehead atoms. The first-order chi connectivity index (χ1) is 9.49. The Hall–Kier alpha value is -1.59. The highest BCUT2D eigenvalue weighted by Crippen LogP contribution is 2.22. The molecule has 0 radical (unpaired) electrons. The Morgan fingerprint density at radius 3 is 2.85 bits per heavy atom. The predicted molar refractivity (Wildman–Crippen MR) is 80.9 cm³/mol. The average molecular weight is 356 g/mol. The third-order valence-electron chi connectivity index (χ3n) is 2.78. The van der Waals surface area contributed by atoms with Gasteiger partial charge in [-0.05, 0) is 28.1 Å². The van der Waals surface area contributed by atoms with Gasteiger partial charge >= 0.3 is 0 Å². The van der Waals surface area contributed by atoms with Crippen molar-refractivity contribution in [3.8, 4) is 5.75 Å². The van der Waals surface area contributed by atoms with E-state index in [9.17, 15) is 9.90 Å². The van der Waals surface area contributed by atoms with Crippen LogP contribution in [0.1, 0.15) is 15.9 Å². The summed E-state index contributed by atoms with van der Waals surface area (Å²) in [4.78, 5) is 17.7. The van der Waals surface area contributed by atoms with E-state index in [2.05, 4.69) is 20.9 Å². The number of carbonyl (C=O) groups is 1. The number of rotatable bonds is 3. The third-order valence-corrected chi connectivity index (χ3v) is 3.52. The van der Waals surface area contributed by atoms with Crippen LogP contribution in [0.5, 0.6) is 5.75 Å². The molecular formula is C14H12BrClN2O2. The maximum Gasteiger partial charge on any atom is 0.257 e. The smallest absolute Gasteiger partial charge is 0.257 e. The zero-order chi connectivity index (χ0) is 14.7. The summed E-state index contributed by atoms with van der Waals surface area (Å²) in [7, 11) is 1.64. The van der Waals surface area contributed by atoms with Crippen LogP contribution in [-0.2, 0) is 6.54 Å². The van der Waals surface area contributed by atoms with Crippen molar-refractivity contribution < 1.29 is 9.90 Å². The first-order valence-corrected chi connectivity index (χ1v) is 6.99. The molecule has 0 aliphatic carbocycles. The molecule has 2 aromatic rings. The number of amides is 1. The number of phenolic OH excluding ortho intramolecular Hbond substituents is 1. The number of hydrogen-bond acceptors (Lipinski definition) is 3. The second-order valence-electron chi connectivity index (χ2n) is 4.28. The lowest BCUT2D eigenvalue weighted by molar-refractivity contribution is 0.0784. The number of nitrogens with zero attached hydrogens (tertiary/aromatic N) is 2. The van der Waals surface area contributed by atoms with Gasteiger partial charge in [-0.2, -0.15) is 0 Å². The van der Waals surface area contributed by atoms with Crippen LogP contribution in [0.3, 0.4) is 0 Å². The molecule has 104 valence electrons. The fourth-order valence-electron chi connectivity index (χ4n) is 1.75. The molecule has 1 N–H and O–H groups in total. The molecule has 0 aliphatic heterocycles. The number of aromatic nitrogens is 1. The van der Waals surface area contributed by atoms with Gasteiger partial charge in [-0.1, -0.05) is 29.8 Å². The molecule has 0 fully saturated rings. The maximum atomic E-state index is 12.3. The minimum Gasteiger partial charge on any atom is -0.508 e. The Balaban J connectivity index is 2.21. The first kappa shape index (κ1) is 14.8. The van der Waals surface area contributed by atoms with E-state index in [0.717, 1.165) is 0 Å². The molecule has 20 heavy (non-hydrogen) atoms. The van der Waals surface area contributed by atoms with Gasteiger partial charge in [0.05, 0.1) is 5.56 Å². The highest BCUT2D eigenvalue weighted by molar-refractivity contribution is 9.10. The molecule has 1 amide bonds. The van der Waals surface area contributed by atoms with E-state index in [1.165, 1.54) is 11.1 Å². The second kappa shape index (κ2) is 6.24. The van der Waals surface area contributed by atoms with Crippen LogP contribution in [0.2, 0.25) is 5.15 Å². The van der Waals surface area contributed by atoms with E-state index in [1.807, 2.05) is 0 Å². The molecule has 2 rings (SSSR count). The van der Waals surface area contributed by atoms with Gasteiger partial charge in [-0.3, -0.25) is 4.79 Å². The normalized spacial score (nSPS) is 10.3. The molecule has 0 saturated carbocycles. The van der Waals surface area contributed by atoms with Crippen LogP contribution in [0, 0.1) is 0 Å². The fourth-order valence-corrected chi connectivity index (χ4v) is 2.27. The molecule has 0 aliphatic rings. The van der Waals surface area contributed by atoms with Crippen molar-refractivity contribution in [1.29, 1.82) is 0 Å². The summed E-state index contributed by atoms with van der Waals surface area (Å²) in [5.41, 5.74) is 0.987. The summed E-state index contributed by atoms with van der Waals surface area (Å²) in [6, 6.07) is 8.51. The number of pyridine rings is 1. The van der Waals surface area contributed by atoms with E-state index in [0.29, 0.717) is 15.6 Å². The monoisotopic (exact) mass is 354 g/mol. The minimum absolute atomic E-state index is 0.155. The van der Waals surface area contributed by atoms with E-state index >= 15 is 0 Å². The van der Waals surface area contributed by atoms with Crippen molar-refractivity contribution in [2.45, 2.75) is 6.54 Å². The van der Waals surface area contributed by atoms with E-state index in [4.69, 9.17) is 11.6 Å². The molecule has 0 atom stereocenters. The van der Waals surface area contributed by atoms with Crippen molar-refractivity contribution in [2.75, 3.05) is 7.05 Å². The minimum atomic E-state index is -0.257. The van der Waals surface area contributed by atoms with Gasteiger partial charge in [0.2, 0.25) is 0 Å². The zero-order valence-electron chi connectivity index (χ0n) is 10.7. The largest absolute Gasteiger partial charge is 0.508 e. The number of para-hydroxylation sites is 1. The van der Waals surface area contributed by atoms with Gasteiger partial charge in [0.25, 0.3) is 5.91 Å². The molecular weight excluding hydrogens is 344 g/mol. The summed E-state index contributed by atoms with van der Waals surface area (Å²) < 4.78 is 0.682. The van der Waals surface area contributed by atoms with E-state index < -0.39 is 0 Å². The van der Waals surface area contributed by atoms with Crippen molar-refractivity contribution >= 4 is 33.4 Å². The van der Waals surface area contributed by atoms with Gasteiger partial charge in [0.1, 0.15) is 10.9 Å². The number of aromatic hydroxyl groups is 1. The topological polar surface area (TPSA) is 53.4 Å². The predicted octanol–water partition coefficient (Wildman–Crippen LogP) is 3.48. The average Bonchev–Trinajstić information content (AvgIpc) is 2.43. The SMILES string of the molecule is CN(Cc1ccccc1O)C(=O)c1cc(Br)cnc1Cl. The highest BCUT2D eigenvalue weighted by atomic mass is 79.9. The summed E-state index contributed by atoms with van der Waals surface area (Å²) >= 11 is 9.20. The summed E-state index contributed by atoms with van der Waals surface area (Å²) in [5, 5.41) is 9.88. The molecule has 1 aromatic heterocycles. The van der Waals surface area contributed by atoms with Gasteiger partial charge in [0.15, 0.2) is 0 Å². The number of benzene rings is 1. The maximum absolute atomic E-state index is 12.3. The van der Waals surface area contributed by atoms with E-state index in [1.54, 1.807) is 37.4 Å². The summed E-state index contributed by atoms with van der Waals surface area (Å²) in [6.07, 6.45) is 1.53. The molecule has 0 saturated heterocycles. The van der Waals surface area contributed by atoms with Crippen molar-refractivity contribution in [2.24, 2.45) is 0 Å². The van der Waals surface area contributed by atoms with E-state index in [-0.39, 0.29) is 23.4 Å². The van der Waals surface area contributed by atoms with Crippen molar-refractivity contribution in [1.82, 2.24) is 9.88 Å². The lowest BCUT2D eigenvalue weighted by Crippen LogP contribution is -2.26. The summed E-state index contributed by atoms with van der Waals surface area (Å²) in [5.74, 6) is -0.0994.